The standard InChI is InChI=1S/C14H18NO/c1-3-10-15(11-4-2)12-13-16-14-8-6-5-7-9-14/h3-4,6-9H,1-2,10-13H2. The lowest BCUT2D eigenvalue weighted by Crippen LogP contribution is -2.28. The second-order valence-corrected chi connectivity index (χ2v) is 3.42. The van der Waals surface area contributed by atoms with Crippen molar-refractivity contribution in [3.05, 3.63) is 55.6 Å². The fourth-order valence-electron chi connectivity index (χ4n) is 1.38. The Balaban J connectivity index is 2.27. The molecule has 0 saturated carbocycles. The van der Waals surface area contributed by atoms with Crippen molar-refractivity contribution in [1.82, 2.24) is 4.90 Å². The number of benzene rings is 1. The Hall–Kier alpha value is -1.54. The lowest BCUT2D eigenvalue weighted by Gasteiger charge is -2.18. The van der Waals surface area contributed by atoms with E-state index in [0.29, 0.717) is 6.61 Å². The first kappa shape index (κ1) is 12.5. The average Bonchev–Trinajstić information content (AvgIpc) is 2.31. The maximum Gasteiger partial charge on any atom is 0.119 e. The molecule has 1 radical (unpaired) electrons. The van der Waals surface area contributed by atoms with Crippen molar-refractivity contribution in [1.29, 1.82) is 0 Å². The number of hydrogen-bond acceptors (Lipinski definition) is 2. The molecule has 0 saturated heterocycles. The van der Waals surface area contributed by atoms with Gasteiger partial charge < -0.3 is 4.74 Å². The summed E-state index contributed by atoms with van der Waals surface area (Å²) in [6.45, 7) is 10.7. The molecule has 16 heavy (non-hydrogen) atoms. The number of nitrogens with zero attached hydrogens (tertiary/aromatic N) is 1. The van der Waals surface area contributed by atoms with Crippen molar-refractivity contribution in [2.24, 2.45) is 0 Å². The second-order valence-electron chi connectivity index (χ2n) is 3.42. The molecule has 2 heteroatoms. The van der Waals surface area contributed by atoms with Gasteiger partial charge in [0.1, 0.15) is 12.4 Å². The summed E-state index contributed by atoms with van der Waals surface area (Å²) in [5, 5.41) is 0. The van der Waals surface area contributed by atoms with E-state index in [1.165, 1.54) is 0 Å². The highest BCUT2D eigenvalue weighted by Gasteiger charge is 2.00. The summed E-state index contributed by atoms with van der Waals surface area (Å²) in [4.78, 5) is 2.22. The van der Waals surface area contributed by atoms with Gasteiger partial charge in [-0.05, 0) is 18.2 Å². The van der Waals surface area contributed by atoms with Crippen molar-refractivity contribution in [3.8, 4) is 5.75 Å². The highest BCUT2D eigenvalue weighted by Crippen LogP contribution is 2.07. The molecule has 0 spiro atoms. The van der Waals surface area contributed by atoms with E-state index >= 15 is 0 Å². The maximum atomic E-state index is 5.60. The smallest absolute Gasteiger partial charge is 0.119 e. The molecule has 0 unspecified atom stereocenters. The van der Waals surface area contributed by atoms with Crippen LogP contribution in [0, 0.1) is 6.07 Å². The van der Waals surface area contributed by atoms with Crippen LogP contribution in [-0.4, -0.2) is 31.1 Å². The van der Waals surface area contributed by atoms with E-state index in [9.17, 15) is 0 Å². The van der Waals surface area contributed by atoms with Gasteiger partial charge in [0.25, 0.3) is 0 Å². The summed E-state index contributed by atoms with van der Waals surface area (Å²) < 4.78 is 5.60. The van der Waals surface area contributed by atoms with E-state index in [4.69, 9.17) is 4.74 Å². The fourth-order valence-corrected chi connectivity index (χ4v) is 1.38. The largest absolute Gasteiger partial charge is 0.492 e. The van der Waals surface area contributed by atoms with Crippen molar-refractivity contribution >= 4 is 0 Å². The van der Waals surface area contributed by atoms with Crippen molar-refractivity contribution in [3.63, 3.8) is 0 Å². The summed E-state index contributed by atoms with van der Waals surface area (Å²) >= 11 is 0. The summed E-state index contributed by atoms with van der Waals surface area (Å²) in [5.41, 5.74) is 0. The Morgan fingerprint density at radius 2 is 1.81 bits per heavy atom. The van der Waals surface area contributed by atoms with Crippen LogP contribution in [-0.2, 0) is 0 Å². The minimum Gasteiger partial charge on any atom is -0.492 e. The molecular weight excluding hydrogens is 198 g/mol. The van der Waals surface area contributed by atoms with Gasteiger partial charge in [0.2, 0.25) is 0 Å². The first-order valence-corrected chi connectivity index (χ1v) is 5.40. The molecule has 2 nitrogen and oxygen atoms in total. The molecule has 1 rings (SSSR count). The number of rotatable bonds is 8. The Bertz CT molecular complexity index is 298. The third kappa shape index (κ3) is 4.80. The summed E-state index contributed by atoms with van der Waals surface area (Å²) in [7, 11) is 0. The van der Waals surface area contributed by atoms with E-state index in [0.717, 1.165) is 25.4 Å². The highest BCUT2D eigenvalue weighted by molar-refractivity contribution is 5.20. The number of hydrogen-bond donors (Lipinski definition) is 0. The first-order chi connectivity index (χ1) is 7.86. The third-order valence-electron chi connectivity index (χ3n) is 2.14. The van der Waals surface area contributed by atoms with Crippen LogP contribution in [0.15, 0.2) is 49.6 Å². The molecule has 0 aromatic heterocycles. The highest BCUT2D eigenvalue weighted by atomic mass is 16.5. The quantitative estimate of drug-likeness (QED) is 0.619. The van der Waals surface area contributed by atoms with Gasteiger partial charge in [-0.15, -0.1) is 13.2 Å². The van der Waals surface area contributed by atoms with E-state index in [1.54, 1.807) is 0 Å². The third-order valence-corrected chi connectivity index (χ3v) is 2.14. The van der Waals surface area contributed by atoms with Crippen molar-refractivity contribution in [2.45, 2.75) is 0 Å². The molecule has 0 amide bonds. The molecular formula is C14H18NO. The maximum absolute atomic E-state index is 5.60. The van der Waals surface area contributed by atoms with E-state index in [2.05, 4.69) is 24.1 Å². The van der Waals surface area contributed by atoms with E-state index in [-0.39, 0.29) is 0 Å². The summed E-state index contributed by atoms with van der Waals surface area (Å²) in [6, 6.07) is 10.5. The van der Waals surface area contributed by atoms with Gasteiger partial charge in [-0.25, -0.2) is 0 Å². The molecule has 1 aromatic rings. The normalized spacial score (nSPS) is 10.1. The van der Waals surface area contributed by atoms with Gasteiger partial charge in [-0.2, -0.15) is 0 Å². The van der Waals surface area contributed by atoms with Crippen LogP contribution < -0.4 is 4.74 Å². The lowest BCUT2D eigenvalue weighted by molar-refractivity contribution is 0.236. The molecule has 85 valence electrons. The molecule has 0 N–H and O–H groups in total. The van der Waals surface area contributed by atoms with E-state index in [1.807, 2.05) is 36.4 Å². The zero-order valence-corrected chi connectivity index (χ0v) is 9.56. The van der Waals surface area contributed by atoms with Crippen molar-refractivity contribution in [2.75, 3.05) is 26.2 Å². The molecule has 0 bridgehead atoms. The molecule has 0 heterocycles. The zero-order chi connectivity index (χ0) is 11.6. The Labute approximate surface area is 97.8 Å². The minimum absolute atomic E-state index is 0.672. The Morgan fingerprint density at radius 3 is 2.38 bits per heavy atom. The molecule has 1 aromatic carbocycles. The summed E-state index contributed by atoms with van der Waals surface area (Å²) in [6.07, 6.45) is 3.78. The first-order valence-electron chi connectivity index (χ1n) is 5.40. The topological polar surface area (TPSA) is 12.5 Å². The molecule has 0 aliphatic heterocycles. The minimum atomic E-state index is 0.672. The van der Waals surface area contributed by atoms with Crippen LogP contribution >= 0.6 is 0 Å². The van der Waals surface area contributed by atoms with Crippen LogP contribution in [0.5, 0.6) is 5.75 Å². The van der Waals surface area contributed by atoms with Gasteiger partial charge in [0.05, 0.1) is 0 Å². The van der Waals surface area contributed by atoms with Crippen LogP contribution in [0.4, 0.5) is 0 Å². The lowest BCUT2D eigenvalue weighted by atomic mass is 10.3. The zero-order valence-electron chi connectivity index (χ0n) is 9.56. The van der Waals surface area contributed by atoms with Gasteiger partial charge >= 0.3 is 0 Å². The van der Waals surface area contributed by atoms with Crippen molar-refractivity contribution < 1.29 is 4.74 Å². The van der Waals surface area contributed by atoms with Crippen LogP contribution in [0.3, 0.4) is 0 Å². The SMILES string of the molecule is C=CCN(CC=C)CCOc1cc[c]cc1. The van der Waals surface area contributed by atoms with E-state index < -0.39 is 0 Å². The predicted molar refractivity (Wildman–Crippen MR) is 67.6 cm³/mol. The van der Waals surface area contributed by atoms with Crippen LogP contribution in [0.2, 0.25) is 0 Å². The second kappa shape index (κ2) is 7.71. The van der Waals surface area contributed by atoms with Gasteiger partial charge in [0.15, 0.2) is 0 Å². The monoisotopic (exact) mass is 216 g/mol. The molecule has 0 aliphatic carbocycles. The fraction of sp³-hybridized carbons (Fsp3) is 0.286. The molecule has 0 aliphatic rings. The van der Waals surface area contributed by atoms with Crippen LogP contribution in [0.25, 0.3) is 0 Å². The predicted octanol–water partition coefficient (Wildman–Crippen LogP) is 2.54. The van der Waals surface area contributed by atoms with Crippen LogP contribution in [0.1, 0.15) is 0 Å². The Kier molecular flexibility index (Phi) is 6.04. The van der Waals surface area contributed by atoms with Gasteiger partial charge in [-0.1, -0.05) is 24.3 Å². The Morgan fingerprint density at radius 1 is 1.19 bits per heavy atom. The van der Waals surface area contributed by atoms with Gasteiger partial charge in [0, 0.05) is 19.6 Å². The summed E-state index contributed by atoms with van der Waals surface area (Å²) in [5.74, 6) is 0.885. The molecule has 0 fully saturated rings. The molecule has 0 atom stereocenters. The number of ether oxygens (including phenoxy) is 1. The van der Waals surface area contributed by atoms with Gasteiger partial charge in [-0.3, -0.25) is 4.90 Å². The average molecular weight is 216 g/mol.